The van der Waals surface area contributed by atoms with Gasteiger partial charge in [-0.25, -0.2) is 0 Å². The zero-order valence-electron chi connectivity index (χ0n) is 22.8. The largest absolute Gasteiger partial charge is 0.393 e. The van der Waals surface area contributed by atoms with E-state index >= 15 is 0 Å². The standard InChI is InChI=1S/C30H52O3/c1-25(2)21-12-17-29(7)22(27(21,5)15-13-23(25)31)10-9-19-20(11-16-28(19,29)6)30(8)18-14-24(33-30)26(3,4)32/h19-24,31-32H,9-18H2,1-8H3/t19-,20+,21-,22-,23+,24+,27+,28+,29+,30+/m1/s1. The predicted molar refractivity (Wildman–Crippen MR) is 134 cm³/mol. The summed E-state index contributed by atoms with van der Waals surface area (Å²) in [7, 11) is 0. The molecule has 1 aliphatic heterocycles. The second-order valence-corrected chi connectivity index (χ2v) is 15.3. The Labute approximate surface area is 203 Å². The van der Waals surface area contributed by atoms with Crippen LogP contribution in [0.4, 0.5) is 0 Å². The van der Waals surface area contributed by atoms with Gasteiger partial charge in [-0.1, -0.05) is 34.6 Å². The highest BCUT2D eigenvalue weighted by Gasteiger charge is 2.70. The highest BCUT2D eigenvalue weighted by Crippen LogP contribution is 2.76. The van der Waals surface area contributed by atoms with Gasteiger partial charge in [-0.2, -0.15) is 0 Å². The first-order chi connectivity index (χ1) is 15.1. The lowest BCUT2D eigenvalue weighted by atomic mass is 9.35. The van der Waals surface area contributed by atoms with Crippen LogP contribution in [0.15, 0.2) is 0 Å². The lowest BCUT2D eigenvalue weighted by Gasteiger charge is -2.70. The van der Waals surface area contributed by atoms with Gasteiger partial charge in [-0.05, 0) is 130 Å². The molecule has 5 aliphatic rings. The van der Waals surface area contributed by atoms with Crippen LogP contribution >= 0.6 is 0 Å². The topological polar surface area (TPSA) is 49.7 Å². The van der Waals surface area contributed by atoms with E-state index in [1.54, 1.807) is 0 Å². The smallest absolute Gasteiger partial charge is 0.0865 e. The maximum absolute atomic E-state index is 10.9. The number of aliphatic hydroxyl groups is 2. The van der Waals surface area contributed by atoms with E-state index in [-0.39, 0.29) is 23.2 Å². The van der Waals surface area contributed by atoms with Gasteiger partial charge in [0.1, 0.15) is 0 Å². The molecular weight excluding hydrogens is 408 g/mol. The van der Waals surface area contributed by atoms with Crippen molar-refractivity contribution in [2.24, 2.45) is 45.3 Å². The quantitative estimate of drug-likeness (QED) is 0.480. The van der Waals surface area contributed by atoms with Crippen molar-refractivity contribution >= 4 is 0 Å². The Morgan fingerprint density at radius 1 is 0.697 bits per heavy atom. The SMILES string of the molecule is CC(C)(O)[C@@H]1CC[C@@](C)([C@H]2CC[C@@]3(C)[C@@H]2CC[C@@H]2[C@@]4(C)CC[C@H](O)C(C)(C)[C@H]4CC[C@@]23C)O1. The van der Waals surface area contributed by atoms with Crippen molar-refractivity contribution in [2.75, 3.05) is 0 Å². The Morgan fingerprint density at radius 3 is 2.00 bits per heavy atom. The van der Waals surface area contributed by atoms with Gasteiger partial charge in [0.2, 0.25) is 0 Å². The van der Waals surface area contributed by atoms with E-state index in [4.69, 9.17) is 4.74 Å². The van der Waals surface area contributed by atoms with Gasteiger partial charge in [0, 0.05) is 0 Å². The third-order valence-electron chi connectivity index (χ3n) is 13.3. The van der Waals surface area contributed by atoms with E-state index in [0.717, 1.165) is 31.1 Å². The average Bonchev–Trinajstić information content (AvgIpc) is 3.27. The molecule has 3 heteroatoms. The van der Waals surface area contributed by atoms with Crippen LogP contribution in [-0.4, -0.2) is 33.6 Å². The van der Waals surface area contributed by atoms with Crippen molar-refractivity contribution in [1.29, 1.82) is 0 Å². The third-order valence-corrected chi connectivity index (χ3v) is 13.3. The fraction of sp³-hybridized carbons (Fsp3) is 1.00. The second kappa shape index (κ2) is 7.22. The van der Waals surface area contributed by atoms with Crippen molar-refractivity contribution in [2.45, 2.75) is 143 Å². The summed E-state index contributed by atoms with van der Waals surface area (Å²) in [5.41, 5.74) is 0.277. The van der Waals surface area contributed by atoms with Crippen molar-refractivity contribution in [1.82, 2.24) is 0 Å². The molecule has 2 N–H and O–H groups in total. The van der Waals surface area contributed by atoms with Crippen LogP contribution in [0, 0.1) is 45.3 Å². The zero-order valence-corrected chi connectivity index (χ0v) is 22.8. The third kappa shape index (κ3) is 3.16. The molecule has 33 heavy (non-hydrogen) atoms. The first-order valence-electron chi connectivity index (χ1n) is 14.2. The van der Waals surface area contributed by atoms with E-state index in [2.05, 4.69) is 41.5 Å². The van der Waals surface area contributed by atoms with E-state index in [0.29, 0.717) is 28.1 Å². The van der Waals surface area contributed by atoms with E-state index < -0.39 is 5.60 Å². The highest BCUT2D eigenvalue weighted by molar-refractivity contribution is 5.18. The van der Waals surface area contributed by atoms with Gasteiger partial charge in [-0.15, -0.1) is 0 Å². The molecule has 10 atom stereocenters. The maximum atomic E-state index is 10.9. The molecule has 5 fully saturated rings. The monoisotopic (exact) mass is 460 g/mol. The van der Waals surface area contributed by atoms with Crippen molar-refractivity contribution < 1.29 is 14.9 Å². The molecule has 3 nitrogen and oxygen atoms in total. The van der Waals surface area contributed by atoms with Gasteiger partial charge < -0.3 is 14.9 Å². The molecule has 4 saturated carbocycles. The average molecular weight is 461 g/mol. The number of rotatable bonds is 2. The maximum Gasteiger partial charge on any atom is 0.0865 e. The van der Waals surface area contributed by atoms with Crippen molar-refractivity contribution in [3.8, 4) is 0 Å². The van der Waals surface area contributed by atoms with Crippen LogP contribution < -0.4 is 0 Å². The fourth-order valence-electron chi connectivity index (χ4n) is 11.1. The normalized spacial score (nSPS) is 56.2. The molecular formula is C30H52O3. The molecule has 0 aromatic carbocycles. The Bertz CT molecular complexity index is 784. The van der Waals surface area contributed by atoms with Gasteiger partial charge in [-0.3, -0.25) is 0 Å². The molecule has 0 aromatic rings. The van der Waals surface area contributed by atoms with Crippen LogP contribution in [-0.2, 0) is 4.74 Å². The van der Waals surface area contributed by atoms with Crippen LogP contribution in [0.5, 0.6) is 0 Å². The molecule has 0 amide bonds. The Kier molecular flexibility index (Phi) is 5.38. The van der Waals surface area contributed by atoms with Crippen LogP contribution in [0.2, 0.25) is 0 Å². The number of hydrogen-bond acceptors (Lipinski definition) is 3. The van der Waals surface area contributed by atoms with E-state index in [1.807, 2.05) is 13.8 Å². The summed E-state index contributed by atoms with van der Waals surface area (Å²) >= 11 is 0. The van der Waals surface area contributed by atoms with Crippen molar-refractivity contribution in [3.63, 3.8) is 0 Å². The summed E-state index contributed by atoms with van der Waals surface area (Å²) in [6, 6.07) is 0. The Morgan fingerprint density at radius 2 is 1.36 bits per heavy atom. The van der Waals surface area contributed by atoms with Crippen LogP contribution in [0.3, 0.4) is 0 Å². The lowest BCUT2D eigenvalue weighted by Crippen LogP contribution is -2.64. The Hall–Kier alpha value is -0.120. The summed E-state index contributed by atoms with van der Waals surface area (Å²) < 4.78 is 6.73. The lowest BCUT2D eigenvalue weighted by molar-refractivity contribution is -0.227. The molecule has 0 unspecified atom stereocenters. The molecule has 190 valence electrons. The summed E-state index contributed by atoms with van der Waals surface area (Å²) in [4.78, 5) is 0. The highest BCUT2D eigenvalue weighted by atomic mass is 16.5. The summed E-state index contributed by atoms with van der Waals surface area (Å²) in [6.45, 7) is 18.8. The molecule has 4 aliphatic carbocycles. The minimum absolute atomic E-state index is 0.0293. The Balaban J connectivity index is 1.44. The minimum Gasteiger partial charge on any atom is -0.393 e. The minimum atomic E-state index is -0.755. The summed E-state index contributed by atoms with van der Waals surface area (Å²) in [5.74, 6) is 2.73. The predicted octanol–water partition coefficient (Wildman–Crippen LogP) is 6.74. The molecule has 1 heterocycles. The number of ether oxygens (including phenoxy) is 1. The molecule has 1 saturated heterocycles. The molecule has 0 spiro atoms. The van der Waals surface area contributed by atoms with Crippen molar-refractivity contribution in [3.05, 3.63) is 0 Å². The molecule has 0 radical (unpaired) electrons. The number of fused-ring (bicyclic) bond motifs is 5. The number of aliphatic hydroxyl groups excluding tert-OH is 1. The summed E-state index contributed by atoms with van der Waals surface area (Å²) in [6.07, 6.45) is 11.9. The van der Waals surface area contributed by atoms with Gasteiger partial charge in [0.05, 0.1) is 23.4 Å². The van der Waals surface area contributed by atoms with Gasteiger partial charge in [0.15, 0.2) is 0 Å². The molecule has 5 rings (SSSR count). The van der Waals surface area contributed by atoms with Crippen LogP contribution in [0.1, 0.15) is 120 Å². The van der Waals surface area contributed by atoms with E-state index in [9.17, 15) is 10.2 Å². The van der Waals surface area contributed by atoms with Gasteiger partial charge >= 0.3 is 0 Å². The fourth-order valence-corrected chi connectivity index (χ4v) is 11.1. The summed E-state index contributed by atoms with van der Waals surface area (Å²) in [5, 5.41) is 21.5. The second-order valence-electron chi connectivity index (χ2n) is 15.3. The first kappa shape index (κ1) is 24.6. The molecule has 0 bridgehead atoms. The van der Waals surface area contributed by atoms with Crippen LogP contribution in [0.25, 0.3) is 0 Å². The van der Waals surface area contributed by atoms with Gasteiger partial charge in [0.25, 0.3) is 0 Å². The number of hydrogen-bond donors (Lipinski definition) is 2. The van der Waals surface area contributed by atoms with E-state index in [1.165, 1.54) is 44.9 Å². The molecule has 0 aromatic heterocycles. The first-order valence-corrected chi connectivity index (χ1v) is 14.2. The zero-order chi connectivity index (χ0) is 24.2.